The number of nitrogens with zero attached hydrogens (tertiary/aromatic N) is 2. The van der Waals surface area contributed by atoms with Crippen LogP contribution in [0.3, 0.4) is 0 Å². The van der Waals surface area contributed by atoms with Crippen LogP contribution >= 0.6 is 0 Å². The Hall–Kier alpha value is -2.08. The Bertz CT molecular complexity index is 491. The van der Waals surface area contributed by atoms with Crippen molar-refractivity contribution in [2.45, 2.75) is 12.6 Å². The molecule has 0 saturated heterocycles. The maximum atomic E-state index is 13.0. The lowest BCUT2D eigenvalue weighted by atomic mass is 10.0. The van der Waals surface area contributed by atoms with Gasteiger partial charge in [-0.25, -0.2) is 4.39 Å². The average Bonchev–Trinajstić information content (AvgIpc) is 2.19. The van der Waals surface area contributed by atoms with Crippen LogP contribution in [0.4, 0.5) is 17.6 Å². The third kappa shape index (κ3) is 2.29. The van der Waals surface area contributed by atoms with E-state index in [0.717, 1.165) is 6.07 Å². The summed E-state index contributed by atoms with van der Waals surface area (Å²) in [6.07, 6.45) is -5.26. The summed E-state index contributed by atoms with van der Waals surface area (Å²) in [5.41, 5.74) is -2.11. The third-order valence-electron chi connectivity index (χ3n) is 1.89. The van der Waals surface area contributed by atoms with Crippen molar-refractivity contribution in [2.24, 2.45) is 0 Å². The number of nitriles is 2. The second kappa shape index (κ2) is 4.19. The van der Waals surface area contributed by atoms with Gasteiger partial charge in [-0.2, -0.15) is 23.7 Å². The molecule has 0 atom stereocenters. The average molecular weight is 228 g/mol. The largest absolute Gasteiger partial charge is 0.416 e. The van der Waals surface area contributed by atoms with E-state index in [0.29, 0.717) is 0 Å². The molecular weight excluding hydrogens is 224 g/mol. The molecule has 2 nitrogen and oxygen atoms in total. The summed E-state index contributed by atoms with van der Waals surface area (Å²) in [5.74, 6) is -1.24. The highest BCUT2D eigenvalue weighted by Crippen LogP contribution is 2.33. The van der Waals surface area contributed by atoms with E-state index in [1.807, 2.05) is 0 Å². The zero-order chi connectivity index (χ0) is 12.3. The maximum Gasteiger partial charge on any atom is 0.416 e. The first-order valence-electron chi connectivity index (χ1n) is 4.06. The van der Waals surface area contributed by atoms with Gasteiger partial charge < -0.3 is 0 Å². The van der Waals surface area contributed by atoms with Gasteiger partial charge in [0.1, 0.15) is 11.9 Å². The highest BCUT2D eigenvalue weighted by molar-refractivity contribution is 5.41. The van der Waals surface area contributed by atoms with Crippen molar-refractivity contribution in [1.29, 1.82) is 10.5 Å². The molecule has 0 aliphatic heterocycles. The Balaban J connectivity index is 3.45. The Kier molecular flexibility index (Phi) is 3.14. The van der Waals surface area contributed by atoms with E-state index in [-0.39, 0.29) is 6.07 Å². The topological polar surface area (TPSA) is 47.6 Å². The lowest BCUT2D eigenvalue weighted by Crippen LogP contribution is -2.10. The molecular formula is C10H4F4N2. The van der Waals surface area contributed by atoms with E-state index in [1.54, 1.807) is 0 Å². The van der Waals surface area contributed by atoms with Gasteiger partial charge in [0.05, 0.1) is 23.6 Å². The van der Waals surface area contributed by atoms with Gasteiger partial charge in [-0.15, -0.1) is 0 Å². The molecule has 0 N–H and O–H groups in total. The van der Waals surface area contributed by atoms with E-state index in [2.05, 4.69) is 0 Å². The predicted octanol–water partition coefficient (Wildman–Crippen LogP) is 2.78. The summed E-state index contributed by atoms with van der Waals surface area (Å²) in [7, 11) is 0. The van der Waals surface area contributed by atoms with Crippen molar-refractivity contribution in [3.05, 3.63) is 34.6 Å². The molecule has 1 aromatic rings. The van der Waals surface area contributed by atoms with E-state index in [1.165, 1.54) is 12.1 Å². The number of hydrogen-bond acceptors (Lipinski definition) is 2. The molecule has 1 aromatic carbocycles. The Morgan fingerprint density at radius 2 is 1.81 bits per heavy atom. The summed E-state index contributed by atoms with van der Waals surface area (Å²) in [4.78, 5) is 0. The Labute approximate surface area is 88.3 Å². The first-order valence-corrected chi connectivity index (χ1v) is 4.06. The van der Waals surface area contributed by atoms with E-state index < -0.39 is 35.1 Å². The van der Waals surface area contributed by atoms with E-state index in [9.17, 15) is 17.6 Å². The molecule has 0 aliphatic rings. The van der Waals surface area contributed by atoms with Gasteiger partial charge in [0.2, 0.25) is 0 Å². The van der Waals surface area contributed by atoms with Crippen LogP contribution in [0.1, 0.15) is 16.7 Å². The molecule has 0 bridgehead atoms. The number of hydrogen-bond donors (Lipinski definition) is 0. The van der Waals surface area contributed by atoms with Crippen molar-refractivity contribution in [1.82, 2.24) is 0 Å². The van der Waals surface area contributed by atoms with Crippen LogP contribution in [-0.2, 0) is 12.6 Å². The molecule has 0 radical (unpaired) electrons. The second-order valence-electron chi connectivity index (χ2n) is 2.93. The molecule has 16 heavy (non-hydrogen) atoms. The maximum absolute atomic E-state index is 13.0. The predicted molar refractivity (Wildman–Crippen MR) is 45.4 cm³/mol. The quantitative estimate of drug-likeness (QED) is 0.694. The summed E-state index contributed by atoms with van der Waals surface area (Å²) in [6.45, 7) is 0. The summed E-state index contributed by atoms with van der Waals surface area (Å²) < 4.78 is 50.3. The number of halogens is 4. The fourth-order valence-corrected chi connectivity index (χ4v) is 1.20. The molecule has 0 saturated carbocycles. The summed E-state index contributed by atoms with van der Waals surface area (Å²) >= 11 is 0. The fraction of sp³-hybridized carbons (Fsp3) is 0.200. The number of benzene rings is 1. The molecule has 6 heteroatoms. The zero-order valence-corrected chi connectivity index (χ0v) is 7.77. The fourth-order valence-electron chi connectivity index (χ4n) is 1.20. The lowest BCUT2D eigenvalue weighted by Gasteiger charge is -2.11. The molecule has 0 fully saturated rings. The molecule has 0 amide bonds. The molecule has 82 valence electrons. The van der Waals surface area contributed by atoms with Gasteiger partial charge in [-0.3, -0.25) is 0 Å². The first kappa shape index (κ1) is 12.0. The van der Waals surface area contributed by atoms with Crippen molar-refractivity contribution in [3.8, 4) is 12.1 Å². The standard InChI is InChI=1S/C10H4F4N2/c11-9-4-8(10(12,13)14)6(1-2-15)3-7(9)5-16/h3-4H,1H2. The minimum Gasteiger partial charge on any atom is -0.206 e. The third-order valence-corrected chi connectivity index (χ3v) is 1.89. The van der Waals surface area contributed by atoms with Crippen LogP contribution in [0.25, 0.3) is 0 Å². The van der Waals surface area contributed by atoms with Gasteiger partial charge in [-0.05, 0) is 17.7 Å². The number of rotatable bonds is 1. The SMILES string of the molecule is N#CCc1cc(C#N)c(F)cc1C(F)(F)F. The highest BCUT2D eigenvalue weighted by Gasteiger charge is 2.34. The minimum absolute atomic E-state index is 0.241. The van der Waals surface area contributed by atoms with Crippen LogP contribution in [0, 0.1) is 28.5 Å². The molecule has 0 heterocycles. The lowest BCUT2D eigenvalue weighted by molar-refractivity contribution is -0.138. The van der Waals surface area contributed by atoms with Gasteiger partial charge >= 0.3 is 6.18 Å². The monoisotopic (exact) mass is 228 g/mol. The zero-order valence-electron chi connectivity index (χ0n) is 7.77. The Morgan fingerprint density at radius 1 is 1.19 bits per heavy atom. The minimum atomic E-state index is -4.74. The Morgan fingerprint density at radius 3 is 2.25 bits per heavy atom. The molecule has 0 spiro atoms. The van der Waals surface area contributed by atoms with Gasteiger partial charge in [0, 0.05) is 0 Å². The molecule has 0 aromatic heterocycles. The van der Waals surface area contributed by atoms with Crippen LogP contribution in [0.5, 0.6) is 0 Å². The van der Waals surface area contributed by atoms with Crippen molar-refractivity contribution in [2.75, 3.05) is 0 Å². The summed E-state index contributed by atoms with van der Waals surface area (Å²) in [6, 6.07) is 3.95. The van der Waals surface area contributed by atoms with Crippen molar-refractivity contribution in [3.63, 3.8) is 0 Å². The first-order chi connectivity index (χ1) is 7.40. The van der Waals surface area contributed by atoms with Crippen LogP contribution < -0.4 is 0 Å². The normalized spacial score (nSPS) is 10.6. The van der Waals surface area contributed by atoms with Gasteiger partial charge in [0.25, 0.3) is 0 Å². The van der Waals surface area contributed by atoms with Crippen LogP contribution in [0.2, 0.25) is 0 Å². The molecule has 0 unspecified atom stereocenters. The van der Waals surface area contributed by atoms with Crippen molar-refractivity contribution >= 4 is 0 Å². The van der Waals surface area contributed by atoms with E-state index in [4.69, 9.17) is 10.5 Å². The van der Waals surface area contributed by atoms with Gasteiger partial charge in [0.15, 0.2) is 0 Å². The van der Waals surface area contributed by atoms with Gasteiger partial charge in [-0.1, -0.05) is 0 Å². The van der Waals surface area contributed by atoms with Crippen LogP contribution in [-0.4, -0.2) is 0 Å². The second-order valence-corrected chi connectivity index (χ2v) is 2.93. The summed E-state index contributed by atoms with van der Waals surface area (Å²) in [5, 5.41) is 16.8. The number of alkyl halides is 3. The smallest absolute Gasteiger partial charge is 0.206 e. The van der Waals surface area contributed by atoms with Crippen molar-refractivity contribution < 1.29 is 17.6 Å². The molecule has 1 rings (SSSR count). The highest BCUT2D eigenvalue weighted by atomic mass is 19.4. The van der Waals surface area contributed by atoms with Crippen LogP contribution in [0.15, 0.2) is 12.1 Å². The molecule has 0 aliphatic carbocycles. The van der Waals surface area contributed by atoms with E-state index >= 15 is 0 Å².